The number of methoxy groups -OCH3 is 1. The first kappa shape index (κ1) is 18.4. The van der Waals surface area contributed by atoms with Gasteiger partial charge in [-0.1, -0.05) is 26.8 Å². The van der Waals surface area contributed by atoms with Crippen molar-refractivity contribution in [3.8, 4) is 5.75 Å². The number of ether oxygens (including phenoxy) is 1. The highest BCUT2D eigenvalue weighted by Gasteiger charge is 2.20. The molecule has 0 fully saturated rings. The van der Waals surface area contributed by atoms with Gasteiger partial charge in [0.1, 0.15) is 5.75 Å². The highest BCUT2D eigenvalue weighted by Crippen LogP contribution is 2.29. The Morgan fingerprint density at radius 1 is 1.27 bits per heavy atom. The molecule has 0 radical (unpaired) electrons. The van der Waals surface area contributed by atoms with E-state index in [9.17, 15) is 4.79 Å². The van der Waals surface area contributed by atoms with Crippen LogP contribution in [0.15, 0.2) is 30.5 Å². The fourth-order valence-electron chi connectivity index (χ4n) is 3.18. The molecule has 1 aliphatic heterocycles. The fourth-order valence-corrected chi connectivity index (χ4v) is 3.18. The standard InChI is InChI=1S/C21H27N3O2/c1-21(2,3)15-6-7-17(19(11-15)26-5)20(25)23-16-10-14-13-24(4)9-8-18(14)22-12-16/h6-7,10-12H,8-9,13H2,1-5H3,(H,23,25). The maximum atomic E-state index is 12.8. The molecule has 0 bridgehead atoms. The Kier molecular flexibility index (Phi) is 5.01. The lowest BCUT2D eigenvalue weighted by molar-refractivity contribution is 0.102. The van der Waals surface area contributed by atoms with Crippen molar-refractivity contribution in [2.45, 2.75) is 39.2 Å². The van der Waals surface area contributed by atoms with Gasteiger partial charge >= 0.3 is 0 Å². The molecule has 5 heteroatoms. The second-order valence-electron chi connectivity index (χ2n) is 7.94. The van der Waals surface area contributed by atoms with Crippen molar-refractivity contribution in [3.63, 3.8) is 0 Å². The number of nitrogens with one attached hydrogen (secondary N) is 1. The molecule has 2 heterocycles. The van der Waals surface area contributed by atoms with Crippen LogP contribution in [0.5, 0.6) is 5.75 Å². The number of benzene rings is 1. The lowest BCUT2D eigenvalue weighted by atomic mass is 9.86. The number of anilines is 1. The number of likely N-dealkylation sites (N-methyl/N-ethyl adjacent to an activating group) is 1. The maximum absolute atomic E-state index is 12.8. The van der Waals surface area contributed by atoms with Crippen LogP contribution in [-0.4, -0.2) is 36.5 Å². The number of nitrogens with zero attached hydrogens (tertiary/aromatic N) is 2. The van der Waals surface area contributed by atoms with Gasteiger partial charge in [0.25, 0.3) is 5.91 Å². The summed E-state index contributed by atoms with van der Waals surface area (Å²) in [7, 11) is 3.69. The predicted octanol–water partition coefficient (Wildman–Crippen LogP) is 3.63. The number of fused-ring (bicyclic) bond motifs is 1. The van der Waals surface area contributed by atoms with Gasteiger partial charge in [0.15, 0.2) is 0 Å². The SMILES string of the molecule is COc1cc(C(C)(C)C)ccc1C(=O)Nc1cnc2c(c1)CN(C)CC2. The molecule has 1 amide bonds. The highest BCUT2D eigenvalue weighted by molar-refractivity contribution is 6.06. The summed E-state index contributed by atoms with van der Waals surface area (Å²) < 4.78 is 5.46. The van der Waals surface area contributed by atoms with Crippen molar-refractivity contribution >= 4 is 11.6 Å². The summed E-state index contributed by atoms with van der Waals surface area (Å²) in [5.74, 6) is 0.397. The van der Waals surface area contributed by atoms with Gasteiger partial charge in [-0.05, 0) is 41.8 Å². The second kappa shape index (κ2) is 7.08. The normalized spacial score (nSPS) is 14.7. The zero-order chi connectivity index (χ0) is 18.9. The largest absolute Gasteiger partial charge is 0.496 e. The van der Waals surface area contributed by atoms with Crippen LogP contribution in [0.25, 0.3) is 0 Å². The zero-order valence-corrected chi connectivity index (χ0v) is 16.2. The molecule has 3 rings (SSSR count). The van der Waals surface area contributed by atoms with Crippen LogP contribution in [0, 0.1) is 0 Å². The lowest BCUT2D eigenvalue weighted by Crippen LogP contribution is -2.27. The number of amides is 1. The number of aromatic nitrogens is 1. The Hall–Kier alpha value is -2.40. The third-order valence-corrected chi connectivity index (χ3v) is 4.80. The molecular weight excluding hydrogens is 326 g/mol. The predicted molar refractivity (Wildman–Crippen MR) is 104 cm³/mol. The van der Waals surface area contributed by atoms with E-state index in [0.717, 1.165) is 30.8 Å². The summed E-state index contributed by atoms with van der Waals surface area (Å²) >= 11 is 0. The molecule has 2 aromatic rings. The third-order valence-electron chi connectivity index (χ3n) is 4.80. The number of rotatable bonds is 3. The first-order valence-corrected chi connectivity index (χ1v) is 8.94. The third kappa shape index (κ3) is 3.88. The van der Waals surface area contributed by atoms with Crippen LogP contribution < -0.4 is 10.1 Å². The van der Waals surface area contributed by atoms with E-state index < -0.39 is 0 Å². The van der Waals surface area contributed by atoms with Crippen molar-refractivity contribution in [2.24, 2.45) is 0 Å². The van der Waals surface area contributed by atoms with Gasteiger partial charge in [-0.2, -0.15) is 0 Å². The fraction of sp³-hybridized carbons (Fsp3) is 0.429. The molecule has 0 saturated carbocycles. The number of carbonyl (C=O) groups excluding carboxylic acids is 1. The van der Waals surface area contributed by atoms with Crippen LogP contribution in [0.3, 0.4) is 0 Å². The molecule has 1 aromatic heterocycles. The van der Waals surface area contributed by atoms with Crippen molar-refractivity contribution in [1.29, 1.82) is 0 Å². The summed E-state index contributed by atoms with van der Waals surface area (Å²) in [6.45, 7) is 8.28. The molecule has 0 aliphatic carbocycles. The van der Waals surface area contributed by atoms with Gasteiger partial charge in [0.2, 0.25) is 0 Å². The summed E-state index contributed by atoms with van der Waals surface area (Å²) in [6, 6.07) is 7.77. The minimum Gasteiger partial charge on any atom is -0.496 e. The van der Waals surface area contributed by atoms with E-state index in [1.165, 1.54) is 5.56 Å². The van der Waals surface area contributed by atoms with Crippen molar-refractivity contribution < 1.29 is 9.53 Å². The Labute approximate surface area is 155 Å². The topological polar surface area (TPSA) is 54.5 Å². The van der Waals surface area contributed by atoms with Gasteiger partial charge in [-0.25, -0.2) is 0 Å². The molecule has 0 saturated heterocycles. The van der Waals surface area contributed by atoms with Crippen molar-refractivity contribution in [3.05, 3.63) is 52.8 Å². The van der Waals surface area contributed by atoms with E-state index in [2.05, 4.69) is 43.0 Å². The van der Waals surface area contributed by atoms with E-state index in [1.807, 2.05) is 24.3 Å². The molecule has 1 aromatic carbocycles. The number of carbonyl (C=O) groups is 1. The van der Waals surface area contributed by atoms with E-state index >= 15 is 0 Å². The number of hydrogen-bond acceptors (Lipinski definition) is 4. The van der Waals surface area contributed by atoms with Gasteiger partial charge in [-0.3, -0.25) is 9.78 Å². The molecule has 0 unspecified atom stereocenters. The van der Waals surface area contributed by atoms with E-state index in [0.29, 0.717) is 17.0 Å². The Balaban J connectivity index is 1.83. The molecular formula is C21H27N3O2. The molecule has 5 nitrogen and oxygen atoms in total. The quantitative estimate of drug-likeness (QED) is 0.915. The number of hydrogen-bond donors (Lipinski definition) is 1. The molecule has 0 atom stereocenters. The van der Waals surface area contributed by atoms with Crippen LogP contribution in [0.2, 0.25) is 0 Å². The van der Waals surface area contributed by atoms with Crippen LogP contribution in [0.4, 0.5) is 5.69 Å². The van der Waals surface area contributed by atoms with Crippen LogP contribution in [0.1, 0.15) is 48.0 Å². The van der Waals surface area contributed by atoms with E-state index in [1.54, 1.807) is 13.3 Å². The maximum Gasteiger partial charge on any atom is 0.259 e. The molecule has 26 heavy (non-hydrogen) atoms. The average Bonchev–Trinajstić information content (AvgIpc) is 2.60. The molecule has 0 spiro atoms. The summed E-state index contributed by atoms with van der Waals surface area (Å²) in [4.78, 5) is 19.5. The van der Waals surface area contributed by atoms with Crippen LogP contribution in [-0.2, 0) is 18.4 Å². The van der Waals surface area contributed by atoms with Gasteiger partial charge in [-0.15, -0.1) is 0 Å². The van der Waals surface area contributed by atoms with E-state index in [-0.39, 0.29) is 11.3 Å². The second-order valence-corrected chi connectivity index (χ2v) is 7.94. The van der Waals surface area contributed by atoms with Gasteiger partial charge < -0.3 is 15.0 Å². The monoisotopic (exact) mass is 353 g/mol. The van der Waals surface area contributed by atoms with E-state index in [4.69, 9.17) is 4.74 Å². The Morgan fingerprint density at radius 3 is 2.73 bits per heavy atom. The average molecular weight is 353 g/mol. The van der Waals surface area contributed by atoms with Crippen molar-refractivity contribution in [1.82, 2.24) is 9.88 Å². The first-order chi connectivity index (χ1) is 12.3. The summed E-state index contributed by atoms with van der Waals surface area (Å²) in [5.41, 5.74) is 4.65. The Bertz CT molecular complexity index is 824. The summed E-state index contributed by atoms with van der Waals surface area (Å²) in [5, 5.41) is 2.96. The number of pyridine rings is 1. The zero-order valence-electron chi connectivity index (χ0n) is 16.2. The molecule has 1 N–H and O–H groups in total. The minimum absolute atomic E-state index is 0.00325. The smallest absolute Gasteiger partial charge is 0.259 e. The highest BCUT2D eigenvalue weighted by atomic mass is 16.5. The Morgan fingerprint density at radius 2 is 2.04 bits per heavy atom. The molecule has 1 aliphatic rings. The van der Waals surface area contributed by atoms with Gasteiger partial charge in [0, 0.05) is 25.2 Å². The minimum atomic E-state index is -0.187. The lowest BCUT2D eigenvalue weighted by Gasteiger charge is -2.24. The van der Waals surface area contributed by atoms with Crippen molar-refractivity contribution in [2.75, 3.05) is 26.0 Å². The molecule has 138 valence electrons. The van der Waals surface area contributed by atoms with Crippen LogP contribution >= 0.6 is 0 Å². The first-order valence-electron chi connectivity index (χ1n) is 8.94. The summed E-state index contributed by atoms with van der Waals surface area (Å²) in [6.07, 6.45) is 2.68. The van der Waals surface area contributed by atoms with Gasteiger partial charge in [0.05, 0.1) is 24.6 Å².